The first-order valence-electron chi connectivity index (χ1n) is 6.28. The van der Waals surface area contributed by atoms with Crippen molar-refractivity contribution in [3.63, 3.8) is 0 Å². The van der Waals surface area contributed by atoms with Gasteiger partial charge in [-0.2, -0.15) is 0 Å². The van der Waals surface area contributed by atoms with Crippen molar-refractivity contribution in [1.82, 2.24) is 10.2 Å². The predicted octanol–water partition coefficient (Wildman–Crippen LogP) is 1.70. The number of furan rings is 1. The van der Waals surface area contributed by atoms with Crippen molar-refractivity contribution in [3.8, 4) is 0 Å². The van der Waals surface area contributed by atoms with Crippen LogP contribution in [0, 0.1) is 0 Å². The highest BCUT2D eigenvalue weighted by atomic mass is 16.3. The van der Waals surface area contributed by atoms with E-state index in [2.05, 4.69) is 10.2 Å². The maximum absolute atomic E-state index is 11.9. The van der Waals surface area contributed by atoms with Crippen LogP contribution in [0.3, 0.4) is 0 Å². The Labute approximate surface area is 112 Å². The maximum Gasteiger partial charge on any atom is 0.287 e. The lowest BCUT2D eigenvalue weighted by Crippen LogP contribution is -2.26. The number of nitrogens with one attached hydrogen (secondary N) is 1. The number of nitrogens with zero attached hydrogens (tertiary/aromatic N) is 1. The average molecular weight is 261 g/mol. The first-order valence-corrected chi connectivity index (χ1v) is 6.28. The normalized spacial score (nSPS) is 11.1. The molecule has 0 saturated carbocycles. The minimum Gasteiger partial charge on any atom is -0.451 e. The summed E-state index contributed by atoms with van der Waals surface area (Å²) in [5.74, 6) is 0.138. The molecule has 0 fully saturated rings. The molecule has 1 heterocycles. The van der Waals surface area contributed by atoms with E-state index < -0.39 is 0 Å². The smallest absolute Gasteiger partial charge is 0.287 e. The van der Waals surface area contributed by atoms with E-state index in [0.29, 0.717) is 23.6 Å². The van der Waals surface area contributed by atoms with E-state index in [4.69, 9.17) is 10.2 Å². The number of amides is 1. The lowest BCUT2D eigenvalue weighted by Gasteiger charge is -2.08. The van der Waals surface area contributed by atoms with E-state index in [-0.39, 0.29) is 5.91 Å². The number of nitrogen functional groups attached to an aromatic ring is 1. The molecule has 0 unspecified atom stereocenters. The fourth-order valence-electron chi connectivity index (χ4n) is 1.86. The van der Waals surface area contributed by atoms with Gasteiger partial charge in [0, 0.05) is 17.6 Å². The summed E-state index contributed by atoms with van der Waals surface area (Å²) < 4.78 is 5.48. The molecule has 0 atom stereocenters. The van der Waals surface area contributed by atoms with Gasteiger partial charge < -0.3 is 20.4 Å². The standard InChI is InChI=1S/C14H19N3O2/c1-17(2)7-3-6-16-14(18)13-9-10-8-11(15)4-5-12(10)19-13/h4-5,8-9H,3,6-7,15H2,1-2H3,(H,16,18). The van der Waals surface area contributed by atoms with Crippen molar-refractivity contribution < 1.29 is 9.21 Å². The molecule has 0 radical (unpaired) electrons. The van der Waals surface area contributed by atoms with Crippen LogP contribution in [0.5, 0.6) is 0 Å². The second-order valence-electron chi connectivity index (χ2n) is 4.82. The summed E-state index contributed by atoms with van der Waals surface area (Å²) in [6, 6.07) is 7.03. The summed E-state index contributed by atoms with van der Waals surface area (Å²) in [5, 5.41) is 3.69. The molecule has 2 aromatic rings. The molecule has 3 N–H and O–H groups in total. The van der Waals surface area contributed by atoms with Gasteiger partial charge in [-0.25, -0.2) is 0 Å². The van der Waals surface area contributed by atoms with Gasteiger partial charge in [-0.3, -0.25) is 4.79 Å². The van der Waals surface area contributed by atoms with Crippen LogP contribution in [0.4, 0.5) is 5.69 Å². The fraction of sp³-hybridized carbons (Fsp3) is 0.357. The Morgan fingerprint density at radius 2 is 2.16 bits per heavy atom. The Morgan fingerprint density at radius 1 is 1.37 bits per heavy atom. The van der Waals surface area contributed by atoms with Crippen LogP contribution in [0.1, 0.15) is 17.0 Å². The van der Waals surface area contributed by atoms with Gasteiger partial charge >= 0.3 is 0 Å². The Bertz CT molecular complexity index is 575. The molecule has 0 aliphatic heterocycles. The Morgan fingerprint density at radius 3 is 2.89 bits per heavy atom. The SMILES string of the molecule is CN(C)CCCNC(=O)c1cc2cc(N)ccc2o1. The Hall–Kier alpha value is -2.01. The second-order valence-corrected chi connectivity index (χ2v) is 4.82. The van der Waals surface area contributed by atoms with Gasteiger partial charge in [-0.05, 0) is 51.3 Å². The number of hydrogen-bond acceptors (Lipinski definition) is 4. The van der Waals surface area contributed by atoms with Crippen LogP contribution in [-0.2, 0) is 0 Å². The van der Waals surface area contributed by atoms with Crippen LogP contribution in [-0.4, -0.2) is 38.0 Å². The topological polar surface area (TPSA) is 71.5 Å². The zero-order chi connectivity index (χ0) is 13.8. The zero-order valence-corrected chi connectivity index (χ0v) is 11.3. The van der Waals surface area contributed by atoms with Crippen molar-refractivity contribution in [2.75, 3.05) is 32.9 Å². The number of carbonyl (C=O) groups is 1. The number of rotatable bonds is 5. The Kier molecular flexibility index (Phi) is 4.06. The van der Waals surface area contributed by atoms with E-state index in [9.17, 15) is 4.79 Å². The zero-order valence-electron chi connectivity index (χ0n) is 11.3. The summed E-state index contributed by atoms with van der Waals surface area (Å²) in [6.45, 7) is 1.58. The number of fused-ring (bicyclic) bond motifs is 1. The second kappa shape index (κ2) is 5.75. The van der Waals surface area contributed by atoms with E-state index in [1.54, 1.807) is 24.3 Å². The summed E-state index contributed by atoms with van der Waals surface area (Å²) in [4.78, 5) is 14.0. The number of carbonyl (C=O) groups excluding carboxylic acids is 1. The van der Waals surface area contributed by atoms with Crippen LogP contribution in [0.25, 0.3) is 11.0 Å². The molecule has 0 aliphatic rings. The lowest BCUT2D eigenvalue weighted by atomic mass is 10.2. The summed E-state index contributed by atoms with van der Waals surface area (Å²) in [5.41, 5.74) is 7.02. The largest absolute Gasteiger partial charge is 0.451 e. The minimum absolute atomic E-state index is 0.187. The van der Waals surface area contributed by atoms with Gasteiger partial charge in [-0.1, -0.05) is 0 Å². The highest BCUT2D eigenvalue weighted by Crippen LogP contribution is 2.21. The molecule has 0 aliphatic carbocycles. The highest BCUT2D eigenvalue weighted by molar-refractivity contribution is 5.96. The van der Waals surface area contributed by atoms with E-state index in [1.165, 1.54) is 0 Å². The third-order valence-corrected chi connectivity index (χ3v) is 2.83. The van der Waals surface area contributed by atoms with Crippen molar-refractivity contribution in [1.29, 1.82) is 0 Å². The summed E-state index contributed by atoms with van der Waals surface area (Å²) in [7, 11) is 4.01. The molecule has 1 aromatic carbocycles. The van der Waals surface area contributed by atoms with Crippen molar-refractivity contribution >= 4 is 22.6 Å². The number of nitrogens with two attached hydrogens (primary N) is 1. The number of hydrogen-bond donors (Lipinski definition) is 2. The van der Waals surface area contributed by atoms with Gasteiger partial charge in [0.25, 0.3) is 5.91 Å². The number of anilines is 1. The summed E-state index contributed by atoms with van der Waals surface area (Å²) >= 11 is 0. The molecule has 102 valence electrons. The van der Waals surface area contributed by atoms with Crippen molar-refractivity contribution in [2.45, 2.75) is 6.42 Å². The minimum atomic E-state index is -0.187. The number of benzene rings is 1. The Balaban J connectivity index is 1.97. The molecule has 0 bridgehead atoms. The first kappa shape index (κ1) is 13.4. The maximum atomic E-state index is 11.9. The lowest BCUT2D eigenvalue weighted by molar-refractivity contribution is 0.0927. The molecule has 5 nitrogen and oxygen atoms in total. The molecule has 1 amide bonds. The molecule has 5 heteroatoms. The molecule has 0 spiro atoms. The predicted molar refractivity (Wildman–Crippen MR) is 76.1 cm³/mol. The van der Waals surface area contributed by atoms with Gasteiger partial charge in [0.15, 0.2) is 5.76 Å². The quantitative estimate of drug-likeness (QED) is 0.634. The monoisotopic (exact) mass is 261 g/mol. The van der Waals surface area contributed by atoms with E-state index in [0.717, 1.165) is 18.4 Å². The third kappa shape index (κ3) is 3.48. The van der Waals surface area contributed by atoms with Crippen molar-refractivity contribution in [2.24, 2.45) is 0 Å². The van der Waals surface area contributed by atoms with Crippen LogP contribution in [0.15, 0.2) is 28.7 Å². The fourth-order valence-corrected chi connectivity index (χ4v) is 1.86. The van der Waals surface area contributed by atoms with Gasteiger partial charge in [0.2, 0.25) is 0 Å². The summed E-state index contributed by atoms with van der Waals surface area (Å²) in [6.07, 6.45) is 0.909. The molecular formula is C14H19N3O2. The van der Waals surface area contributed by atoms with Gasteiger partial charge in [0.1, 0.15) is 5.58 Å². The van der Waals surface area contributed by atoms with Crippen molar-refractivity contribution in [3.05, 3.63) is 30.0 Å². The van der Waals surface area contributed by atoms with Crippen LogP contribution < -0.4 is 11.1 Å². The first-order chi connectivity index (χ1) is 9.06. The van der Waals surface area contributed by atoms with Crippen LogP contribution in [0.2, 0.25) is 0 Å². The molecule has 2 rings (SSSR count). The van der Waals surface area contributed by atoms with E-state index in [1.807, 2.05) is 14.1 Å². The highest BCUT2D eigenvalue weighted by Gasteiger charge is 2.11. The molecular weight excluding hydrogens is 242 g/mol. The van der Waals surface area contributed by atoms with Gasteiger partial charge in [0.05, 0.1) is 0 Å². The van der Waals surface area contributed by atoms with Gasteiger partial charge in [-0.15, -0.1) is 0 Å². The third-order valence-electron chi connectivity index (χ3n) is 2.83. The molecule has 1 aromatic heterocycles. The van der Waals surface area contributed by atoms with E-state index >= 15 is 0 Å². The average Bonchev–Trinajstić information content (AvgIpc) is 2.77. The van der Waals surface area contributed by atoms with Crippen LogP contribution >= 0.6 is 0 Å². The molecule has 19 heavy (non-hydrogen) atoms. The molecule has 0 saturated heterocycles.